The minimum Gasteiger partial charge on any atom is -0.493 e. The number of halogens is 1. The zero-order valence-electron chi connectivity index (χ0n) is 19.6. The number of anilines is 1. The second-order valence-corrected chi connectivity index (χ2v) is 9.44. The molecule has 1 aliphatic heterocycles. The van der Waals surface area contributed by atoms with Crippen molar-refractivity contribution in [1.29, 1.82) is 0 Å². The highest BCUT2D eigenvalue weighted by Gasteiger charge is 2.36. The molecule has 3 aromatic carbocycles. The van der Waals surface area contributed by atoms with Crippen LogP contribution in [0.3, 0.4) is 0 Å². The molecule has 0 aliphatic carbocycles. The Morgan fingerprint density at radius 1 is 1.06 bits per heavy atom. The number of hydrogen-bond acceptors (Lipinski definition) is 6. The second-order valence-electron chi connectivity index (χ2n) is 8.01. The first kappa shape index (κ1) is 25.3. The van der Waals surface area contributed by atoms with Crippen molar-refractivity contribution in [2.75, 3.05) is 19.0 Å². The largest absolute Gasteiger partial charge is 0.493 e. The predicted octanol–water partition coefficient (Wildman–Crippen LogP) is 5.91. The van der Waals surface area contributed by atoms with Crippen LogP contribution in [0.2, 0.25) is 5.02 Å². The molecule has 1 fully saturated rings. The molecule has 1 aliphatic rings. The fourth-order valence-electron chi connectivity index (χ4n) is 3.55. The van der Waals surface area contributed by atoms with Crippen LogP contribution in [0.25, 0.3) is 6.08 Å². The highest BCUT2D eigenvalue weighted by atomic mass is 35.5. The van der Waals surface area contributed by atoms with E-state index in [1.165, 1.54) is 7.11 Å². The van der Waals surface area contributed by atoms with E-state index in [0.29, 0.717) is 34.4 Å². The SMILES string of the molecule is COc1cc(/C=C2\SC(=O)N(CC(=O)Nc3cccc(Cl)c3)C2=O)ccc1OCc1cccc(C)c1. The van der Waals surface area contributed by atoms with Gasteiger partial charge in [0.1, 0.15) is 13.2 Å². The van der Waals surface area contributed by atoms with Crippen LogP contribution < -0.4 is 14.8 Å². The number of hydrogen-bond donors (Lipinski definition) is 1. The van der Waals surface area contributed by atoms with Gasteiger partial charge in [-0.1, -0.05) is 53.6 Å². The molecule has 0 saturated carbocycles. The van der Waals surface area contributed by atoms with E-state index in [9.17, 15) is 14.4 Å². The van der Waals surface area contributed by atoms with Gasteiger partial charge in [-0.3, -0.25) is 19.3 Å². The number of imide groups is 1. The first-order valence-electron chi connectivity index (χ1n) is 11.0. The maximum Gasteiger partial charge on any atom is 0.294 e. The summed E-state index contributed by atoms with van der Waals surface area (Å²) in [6.45, 7) is 2.00. The van der Waals surface area contributed by atoms with Crippen molar-refractivity contribution in [3.05, 3.63) is 93.3 Å². The molecular weight excluding hydrogens is 500 g/mol. The van der Waals surface area contributed by atoms with Crippen molar-refractivity contribution in [2.24, 2.45) is 0 Å². The lowest BCUT2D eigenvalue weighted by atomic mass is 10.1. The van der Waals surface area contributed by atoms with E-state index in [1.807, 2.05) is 31.2 Å². The van der Waals surface area contributed by atoms with Crippen LogP contribution in [-0.4, -0.2) is 35.6 Å². The Morgan fingerprint density at radius 2 is 1.86 bits per heavy atom. The van der Waals surface area contributed by atoms with Crippen molar-refractivity contribution < 1.29 is 23.9 Å². The van der Waals surface area contributed by atoms with Crippen molar-refractivity contribution in [1.82, 2.24) is 4.90 Å². The van der Waals surface area contributed by atoms with Gasteiger partial charge in [-0.2, -0.15) is 0 Å². The maximum absolute atomic E-state index is 12.8. The van der Waals surface area contributed by atoms with Gasteiger partial charge >= 0.3 is 0 Å². The van der Waals surface area contributed by atoms with Gasteiger partial charge in [0.05, 0.1) is 12.0 Å². The fraction of sp³-hybridized carbons (Fsp3) is 0.148. The number of rotatable bonds is 8. The Bertz CT molecular complexity index is 1360. The zero-order valence-corrected chi connectivity index (χ0v) is 21.2. The molecule has 1 saturated heterocycles. The minimum absolute atomic E-state index is 0.214. The number of carbonyl (C=O) groups excluding carboxylic acids is 3. The highest BCUT2D eigenvalue weighted by Crippen LogP contribution is 2.34. The van der Waals surface area contributed by atoms with E-state index in [1.54, 1.807) is 48.5 Å². The molecule has 3 aromatic rings. The molecule has 0 atom stereocenters. The normalized spacial score (nSPS) is 14.3. The lowest BCUT2D eigenvalue weighted by molar-refractivity contribution is -0.127. The summed E-state index contributed by atoms with van der Waals surface area (Å²) in [6.07, 6.45) is 1.59. The number of aryl methyl sites for hydroxylation is 1. The van der Waals surface area contributed by atoms with Gasteiger partial charge < -0.3 is 14.8 Å². The van der Waals surface area contributed by atoms with Crippen LogP contribution >= 0.6 is 23.4 Å². The lowest BCUT2D eigenvalue weighted by Crippen LogP contribution is -2.36. The zero-order chi connectivity index (χ0) is 25.7. The van der Waals surface area contributed by atoms with E-state index < -0.39 is 23.6 Å². The first-order valence-corrected chi connectivity index (χ1v) is 12.2. The molecule has 36 heavy (non-hydrogen) atoms. The third-order valence-electron chi connectivity index (χ3n) is 5.25. The average molecular weight is 523 g/mol. The first-order chi connectivity index (χ1) is 17.3. The summed E-state index contributed by atoms with van der Waals surface area (Å²) >= 11 is 6.71. The van der Waals surface area contributed by atoms with Gasteiger partial charge in [0.2, 0.25) is 5.91 Å². The Morgan fingerprint density at radius 3 is 2.61 bits per heavy atom. The number of amides is 3. The Labute approximate surface area is 218 Å². The molecule has 9 heteroatoms. The lowest BCUT2D eigenvalue weighted by Gasteiger charge is -2.13. The van der Waals surface area contributed by atoms with E-state index >= 15 is 0 Å². The smallest absolute Gasteiger partial charge is 0.294 e. The van der Waals surface area contributed by atoms with Gasteiger partial charge in [-0.15, -0.1) is 0 Å². The van der Waals surface area contributed by atoms with Crippen molar-refractivity contribution in [3.8, 4) is 11.5 Å². The van der Waals surface area contributed by atoms with Crippen molar-refractivity contribution in [2.45, 2.75) is 13.5 Å². The van der Waals surface area contributed by atoms with E-state index in [-0.39, 0.29) is 4.91 Å². The van der Waals surface area contributed by atoms with Gasteiger partial charge in [0, 0.05) is 10.7 Å². The Kier molecular flexibility index (Phi) is 7.97. The van der Waals surface area contributed by atoms with Crippen LogP contribution in [0.5, 0.6) is 11.5 Å². The number of ether oxygens (including phenoxy) is 2. The van der Waals surface area contributed by atoms with Gasteiger partial charge in [0.15, 0.2) is 11.5 Å². The molecule has 0 aromatic heterocycles. The summed E-state index contributed by atoms with van der Waals surface area (Å²) in [4.78, 5) is 38.8. The van der Waals surface area contributed by atoms with Crippen molar-refractivity contribution in [3.63, 3.8) is 0 Å². The van der Waals surface area contributed by atoms with Crippen LogP contribution in [0.1, 0.15) is 16.7 Å². The monoisotopic (exact) mass is 522 g/mol. The molecule has 0 bridgehead atoms. The molecule has 0 radical (unpaired) electrons. The maximum atomic E-state index is 12.8. The quantitative estimate of drug-likeness (QED) is 0.370. The number of benzene rings is 3. The molecule has 0 unspecified atom stereocenters. The topological polar surface area (TPSA) is 84.9 Å². The number of nitrogens with zero attached hydrogens (tertiary/aromatic N) is 1. The summed E-state index contributed by atoms with van der Waals surface area (Å²) in [7, 11) is 1.53. The number of nitrogens with one attached hydrogen (secondary N) is 1. The van der Waals surface area contributed by atoms with E-state index in [4.69, 9.17) is 21.1 Å². The molecule has 7 nitrogen and oxygen atoms in total. The van der Waals surface area contributed by atoms with Crippen LogP contribution in [0.4, 0.5) is 10.5 Å². The third kappa shape index (κ3) is 6.27. The molecule has 1 heterocycles. The summed E-state index contributed by atoms with van der Waals surface area (Å²) in [6, 6.07) is 19.9. The van der Waals surface area contributed by atoms with Crippen LogP contribution in [0, 0.1) is 6.92 Å². The molecule has 4 rings (SSSR count). The third-order valence-corrected chi connectivity index (χ3v) is 6.39. The molecule has 0 spiro atoms. The minimum atomic E-state index is -0.537. The van der Waals surface area contributed by atoms with E-state index in [2.05, 4.69) is 5.32 Å². The number of methoxy groups -OCH3 is 1. The molecule has 3 amide bonds. The van der Waals surface area contributed by atoms with Gasteiger partial charge in [0.25, 0.3) is 11.1 Å². The van der Waals surface area contributed by atoms with Crippen LogP contribution in [0.15, 0.2) is 71.6 Å². The Hall–Kier alpha value is -3.75. The molecule has 1 N–H and O–H groups in total. The Balaban J connectivity index is 1.43. The molecule has 184 valence electrons. The summed E-state index contributed by atoms with van der Waals surface area (Å²) in [5, 5.41) is 2.58. The summed E-state index contributed by atoms with van der Waals surface area (Å²) < 4.78 is 11.4. The van der Waals surface area contributed by atoms with Gasteiger partial charge in [-0.25, -0.2) is 0 Å². The average Bonchev–Trinajstić information content (AvgIpc) is 3.10. The second kappa shape index (κ2) is 11.3. The predicted molar refractivity (Wildman–Crippen MR) is 141 cm³/mol. The number of thioether (sulfide) groups is 1. The summed E-state index contributed by atoms with van der Waals surface area (Å²) in [5.74, 6) is 0.0149. The fourth-order valence-corrected chi connectivity index (χ4v) is 4.58. The van der Waals surface area contributed by atoms with Crippen molar-refractivity contribution >= 4 is 52.2 Å². The molecular formula is C27H23ClN2O5S. The van der Waals surface area contributed by atoms with Crippen LogP contribution in [-0.2, 0) is 16.2 Å². The summed E-state index contributed by atoms with van der Waals surface area (Å²) in [5.41, 5.74) is 3.32. The van der Waals surface area contributed by atoms with E-state index in [0.717, 1.165) is 27.8 Å². The highest BCUT2D eigenvalue weighted by molar-refractivity contribution is 8.18. The number of carbonyl (C=O) groups is 3. The van der Waals surface area contributed by atoms with Gasteiger partial charge in [-0.05, 0) is 66.2 Å². The standard InChI is InChI=1S/C27H23ClN2O5S/c1-17-5-3-6-19(11-17)16-35-22-10-9-18(12-23(22)34-2)13-24-26(32)30(27(33)36-24)15-25(31)29-21-8-4-7-20(28)14-21/h3-14H,15-16H2,1-2H3,(H,29,31)/b24-13-.